The Kier molecular flexibility index (Phi) is 4.11. The van der Waals surface area contributed by atoms with E-state index < -0.39 is 0 Å². The zero-order valence-electron chi connectivity index (χ0n) is 7.82. The van der Waals surface area contributed by atoms with Gasteiger partial charge in [0.15, 0.2) is 0 Å². The summed E-state index contributed by atoms with van der Waals surface area (Å²) in [6.45, 7) is -0.250. The van der Waals surface area contributed by atoms with Crippen LogP contribution in [0.25, 0.3) is 0 Å². The van der Waals surface area contributed by atoms with Crippen molar-refractivity contribution in [2.75, 3.05) is 0 Å². The van der Waals surface area contributed by atoms with E-state index in [0.717, 1.165) is 5.56 Å². The van der Waals surface area contributed by atoms with Crippen molar-refractivity contribution in [2.24, 2.45) is 0 Å². The van der Waals surface area contributed by atoms with Crippen molar-refractivity contribution in [3.8, 4) is 0 Å². The van der Waals surface area contributed by atoms with E-state index in [1.807, 2.05) is 12.1 Å². The van der Waals surface area contributed by atoms with Crippen LogP contribution in [-0.2, 0) is 4.79 Å². The van der Waals surface area contributed by atoms with Crippen molar-refractivity contribution >= 4 is 6.47 Å². The zero-order valence-corrected chi connectivity index (χ0v) is 7.82. The molecule has 0 aliphatic heterocycles. The molecule has 2 rings (SSSR count). The van der Waals surface area contributed by atoms with E-state index in [2.05, 4.69) is 0 Å². The second-order valence-electron chi connectivity index (χ2n) is 3.25. The van der Waals surface area contributed by atoms with Crippen LogP contribution in [0, 0.1) is 5.82 Å². The van der Waals surface area contributed by atoms with Crippen molar-refractivity contribution in [1.82, 2.24) is 0 Å². The largest absolute Gasteiger partial charge is 0.483 e. The van der Waals surface area contributed by atoms with E-state index in [1.54, 1.807) is 12.1 Å². The molecule has 0 spiro atoms. The summed E-state index contributed by atoms with van der Waals surface area (Å²) >= 11 is 0. The standard InChI is InChI=1S/C10H11F.CH2O2/c11-10-7-2-1-6-9(10)8-4-3-5-8;2-1-3/h1-2,6-8H,3-5H2;1H,(H,2,3). The molecular formula is C11H13FO2. The molecule has 0 amide bonds. The highest BCUT2D eigenvalue weighted by atomic mass is 19.1. The number of rotatable bonds is 1. The Morgan fingerprint density at radius 1 is 1.36 bits per heavy atom. The van der Waals surface area contributed by atoms with Gasteiger partial charge in [-0.3, -0.25) is 4.79 Å². The maximum Gasteiger partial charge on any atom is 0.290 e. The molecule has 76 valence electrons. The molecule has 0 aromatic heterocycles. The van der Waals surface area contributed by atoms with Gasteiger partial charge >= 0.3 is 0 Å². The van der Waals surface area contributed by atoms with Gasteiger partial charge in [0.1, 0.15) is 5.82 Å². The lowest BCUT2D eigenvalue weighted by Crippen LogP contribution is -2.10. The van der Waals surface area contributed by atoms with Crippen LogP contribution in [-0.4, -0.2) is 11.6 Å². The van der Waals surface area contributed by atoms with Gasteiger partial charge in [-0.1, -0.05) is 24.6 Å². The topological polar surface area (TPSA) is 37.3 Å². The molecule has 0 saturated heterocycles. The molecule has 14 heavy (non-hydrogen) atoms. The lowest BCUT2D eigenvalue weighted by atomic mass is 9.80. The average molecular weight is 196 g/mol. The Morgan fingerprint density at radius 3 is 2.36 bits per heavy atom. The van der Waals surface area contributed by atoms with Gasteiger partial charge in [0.25, 0.3) is 6.47 Å². The summed E-state index contributed by atoms with van der Waals surface area (Å²) in [7, 11) is 0. The van der Waals surface area contributed by atoms with Crippen LogP contribution < -0.4 is 0 Å². The van der Waals surface area contributed by atoms with Crippen LogP contribution in [0.5, 0.6) is 0 Å². The summed E-state index contributed by atoms with van der Waals surface area (Å²) in [5, 5.41) is 6.89. The van der Waals surface area contributed by atoms with Gasteiger partial charge in [-0.2, -0.15) is 0 Å². The normalized spacial score (nSPS) is 14.9. The smallest absolute Gasteiger partial charge is 0.290 e. The Morgan fingerprint density at radius 2 is 1.93 bits per heavy atom. The minimum absolute atomic E-state index is 0.0304. The average Bonchev–Trinajstić information content (AvgIpc) is 2.07. The van der Waals surface area contributed by atoms with E-state index in [4.69, 9.17) is 9.90 Å². The molecule has 1 aromatic rings. The van der Waals surface area contributed by atoms with Gasteiger partial charge in [0, 0.05) is 0 Å². The fraction of sp³-hybridized carbons (Fsp3) is 0.364. The summed E-state index contributed by atoms with van der Waals surface area (Å²) < 4.78 is 13.1. The molecule has 0 heterocycles. The maximum atomic E-state index is 13.1. The molecule has 1 N–H and O–H groups in total. The maximum absolute atomic E-state index is 13.1. The third-order valence-electron chi connectivity index (χ3n) is 2.45. The number of carbonyl (C=O) groups is 1. The first-order chi connectivity index (χ1) is 6.79. The Balaban J connectivity index is 0.000000293. The number of carboxylic acid groups (broad SMARTS) is 1. The van der Waals surface area contributed by atoms with E-state index in [1.165, 1.54) is 19.3 Å². The minimum Gasteiger partial charge on any atom is -0.483 e. The molecule has 0 unspecified atom stereocenters. The van der Waals surface area contributed by atoms with Gasteiger partial charge < -0.3 is 5.11 Å². The van der Waals surface area contributed by atoms with Crippen LogP contribution in [0.4, 0.5) is 4.39 Å². The molecule has 1 aliphatic rings. The molecular weight excluding hydrogens is 183 g/mol. The van der Waals surface area contributed by atoms with Crippen molar-refractivity contribution in [3.05, 3.63) is 35.6 Å². The molecule has 0 atom stereocenters. The Hall–Kier alpha value is -1.38. The van der Waals surface area contributed by atoms with Gasteiger partial charge in [0.2, 0.25) is 0 Å². The Labute approximate surface area is 82.4 Å². The molecule has 0 bridgehead atoms. The first kappa shape index (κ1) is 10.7. The van der Waals surface area contributed by atoms with E-state index in [-0.39, 0.29) is 12.3 Å². The van der Waals surface area contributed by atoms with Crippen LogP contribution in [0.2, 0.25) is 0 Å². The third kappa shape index (κ3) is 2.55. The van der Waals surface area contributed by atoms with Crippen molar-refractivity contribution in [3.63, 3.8) is 0 Å². The summed E-state index contributed by atoms with van der Waals surface area (Å²) in [6.07, 6.45) is 3.60. The monoisotopic (exact) mass is 196 g/mol. The second kappa shape index (κ2) is 5.37. The van der Waals surface area contributed by atoms with Crippen LogP contribution in [0.15, 0.2) is 24.3 Å². The molecule has 1 aliphatic carbocycles. The highest BCUT2D eigenvalue weighted by Gasteiger charge is 2.21. The summed E-state index contributed by atoms with van der Waals surface area (Å²) in [4.78, 5) is 8.36. The van der Waals surface area contributed by atoms with Crippen molar-refractivity contribution in [2.45, 2.75) is 25.2 Å². The predicted octanol–water partition coefficient (Wildman–Crippen LogP) is 2.79. The lowest BCUT2D eigenvalue weighted by molar-refractivity contribution is -0.122. The molecule has 1 saturated carbocycles. The number of hydrogen-bond acceptors (Lipinski definition) is 1. The quantitative estimate of drug-likeness (QED) is 0.701. The lowest BCUT2D eigenvalue weighted by Gasteiger charge is -2.25. The van der Waals surface area contributed by atoms with Crippen LogP contribution in [0.3, 0.4) is 0 Å². The summed E-state index contributed by atoms with van der Waals surface area (Å²) in [5.41, 5.74) is 0.916. The molecule has 1 fully saturated rings. The summed E-state index contributed by atoms with van der Waals surface area (Å²) in [6, 6.07) is 7.11. The van der Waals surface area contributed by atoms with E-state index >= 15 is 0 Å². The highest BCUT2D eigenvalue weighted by molar-refractivity contribution is 5.32. The van der Waals surface area contributed by atoms with Crippen LogP contribution >= 0.6 is 0 Å². The fourth-order valence-corrected chi connectivity index (χ4v) is 1.53. The molecule has 1 aromatic carbocycles. The third-order valence-corrected chi connectivity index (χ3v) is 2.45. The van der Waals surface area contributed by atoms with E-state index in [9.17, 15) is 4.39 Å². The number of benzene rings is 1. The van der Waals surface area contributed by atoms with Crippen LogP contribution in [0.1, 0.15) is 30.7 Å². The van der Waals surface area contributed by atoms with Crippen molar-refractivity contribution in [1.29, 1.82) is 0 Å². The summed E-state index contributed by atoms with van der Waals surface area (Å²) in [5.74, 6) is 0.480. The van der Waals surface area contributed by atoms with E-state index in [0.29, 0.717) is 5.92 Å². The Bertz CT molecular complexity index is 295. The molecule has 3 heteroatoms. The minimum atomic E-state index is -0.250. The van der Waals surface area contributed by atoms with Gasteiger partial charge in [-0.15, -0.1) is 0 Å². The first-order valence-corrected chi connectivity index (χ1v) is 4.62. The number of hydrogen-bond donors (Lipinski definition) is 1. The number of halogens is 1. The van der Waals surface area contributed by atoms with Crippen molar-refractivity contribution < 1.29 is 14.3 Å². The van der Waals surface area contributed by atoms with Gasteiger partial charge in [-0.05, 0) is 30.4 Å². The SMILES string of the molecule is Fc1ccccc1C1CCC1.O=CO. The first-order valence-electron chi connectivity index (χ1n) is 4.62. The van der Waals surface area contributed by atoms with Gasteiger partial charge in [-0.25, -0.2) is 4.39 Å². The highest BCUT2D eigenvalue weighted by Crippen LogP contribution is 2.37. The predicted molar refractivity (Wildman–Crippen MR) is 51.7 cm³/mol. The molecule has 0 radical (unpaired) electrons. The fourth-order valence-electron chi connectivity index (χ4n) is 1.53. The van der Waals surface area contributed by atoms with Gasteiger partial charge in [0.05, 0.1) is 0 Å². The molecule has 2 nitrogen and oxygen atoms in total. The second-order valence-corrected chi connectivity index (χ2v) is 3.25. The zero-order chi connectivity index (χ0) is 10.4.